The van der Waals surface area contributed by atoms with E-state index in [4.69, 9.17) is 20.4 Å². The maximum absolute atomic E-state index is 10.9. The van der Waals surface area contributed by atoms with E-state index in [0.29, 0.717) is 12.2 Å². The van der Waals surface area contributed by atoms with Crippen LogP contribution in [0.5, 0.6) is 5.75 Å². The van der Waals surface area contributed by atoms with Gasteiger partial charge in [0.05, 0.1) is 12.8 Å². The van der Waals surface area contributed by atoms with Crippen LogP contribution >= 0.6 is 0 Å². The first-order valence-electron chi connectivity index (χ1n) is 11.9. The van der Waals surface area contributed by atoms with Crippen molar-refractivity contribution in [2.75, 3.05) is 6.61 Å². The van der Waals surface area contributed by atoms with Crippen LogP contribution in [0.3, 0.4) is 0 Å². The molecular formula is C28H40N2O4. The van der Waals surface area contributed by atoms with Crippen molar-refractivity contribution in [3.05, 3.63) is 58.7 Å². The maximum atomic E-state index is 10.9. The first-order valence-corrected chi connectivity index (χ1v) is 11.9. The van der Waals surface area contributed by atoms with Gasteiger partial charge in [-0.05, 0) is 72.8 Å². The number of carboxylic acids is 1. The fourth-order valence-electron chi connectivity index (χ4n) is 4.08. The zero-order chi connectivity index (χ0) is 25.5. The Kier molecular flexibility index (Phi) is 9.28. The predicted octanol–water partition coefficient (Wildman–Crippen LogP) is 6.10. The number of fused-ring (bicyclic) bond motifs is 1. The van der Waals surface area contributed by atoms with Gasteiger partial charge in [-0.25, -0.2) is 4.79 Å². The fraction of sp³-hybridized carbons (Fsp3) is 0.500. The van der Waals surface area contributed by atoms with E-state index in [-0.39, 0.29) is 10.8 Å². The normalized spacial score (nSPS) is 18.7. The van der Waals surface area contributed by atoms with Crippen LogP contribution in [-0.2, 0) is 20.5 Å². The Morgan fingerprint density at radius 3 is 2.38 bits per heavy atom. The molecular weight excluding hydrogens is 428 g/mol. The molecule has 0 saturated heterocycles. The summed E-state index contributed by atoms with van der Waals surface area (Å²) in [5.74, 6) is -0.177. The van der Waals surface area contributed by atoms with E-state index >= 15 is 0 Å². The van der Waals surface area contributed by atoms with Crippen LogP contribution in [0.4, 0.5) is 0 Å². The number of nitrogens with zero attached hydrogens (tertiary/aromatic N) is 1. The molecule has 0 saturated carbocycles. The van der Waals surface area contributed by atoms with Gasteiger partial charge in [0, 0.05) is 17.2 Å². The number of rotatable bonds is 10. The van der Waals surface area contributed by atoms with Crippen LogP contribution in [0, 0.1) is 0 Å². The zero-order valence-corrected chi connectivity index (χ0v) is 21.6. The van der Waals surface area contributed by atoms with Crippen LogP contribution in [-0.4, -0.2) is 30.1 Å². The highest BCUT2D eigenvalue weighted by Gasteiger charge is 2.38. The molecule has 0 aromatic heterocycles. The van der Waals surface area contributed by atoms with Gasteiger partial charge in [-0.3, -0.25) is 5.73 Å². The van der Waals surface area contributed by atoms with Crippen molar-refractivity contribution >= 4 is 17.8 Å². The number of carboxylic acid groups (broad SMARTS) is 1. The summed E-state index contributed by atoms with van der Waals surface area (Å²) in [6.07, 6.45) is 10.8. The van der Waals surface area contributed by atoms with Gasteiger partial charge in [0.2, 0.25) is 0 Å². The summed E-state index contributed by atoms with van der Waals surface area (Å²) in [7, 11) is 0. The fourth-order valence-corrected chi connectivity index (χ4v) is 4.08. The number of allylic oxidation sites excluding steroid dienone is 5. The van der Waals surface area contributed by atoms with Crippen LogP contribution in [0.15, 0.2) is 47.2 Å². The molecule has 0 fully saturated rings. The van der Waals surface area contributed by atoms with Crippen LogP contribution in [0.1, 0.15) is 84.4 Å². The van der Waals surface area contributed by atoms with Crippen molar-refractivity contribution in [2.24, 2.45) is 10.9 Å². The van der Waals surface area contributed by atoms with E-state index < -0.39 is 12.2 Å². The second-order valence-electron chi connectivity index (χ2n) is 10.3. The summed E-state index contributed by atoms with van der Waals surface area (Å²) in [5.41, 5.74) is 10.7. The van der Waals surface area contributed by atoms with Gasteiger partial charge in [0.15, 0.2) is 6.23 Å². The van der Waals surface area contributed by atoms with E-state index in [1.807, 2.05) is 6.08 Å². The Balaban J connectivity index is 2.69. The zero-order valence-electron chi connectivity index (χ0n) is 21.6. The van der Waals surface area contributed by atoms with Gasteiger partial charge in [0.1, 0.15) is 5.75 Å². The molecule has 2 rings (SSSR count). The highest BCUT2D eigenvalue weighted by atomic mass is 16.6. The van der Waals surface area contributed by atoms with Crippen LogP contribution < -0.4 is 10.5 Å². The summed E-state index contributed by atoms with van der Waals surface area (Å²) in [5, 5.41) is 13.0. The smallest absolute Gasteiger partial charge is 0.328 e. The molecule has 0 radical (unpaired) electrons. The molecule has 0 amide bonds. The number of oxime groups is 1. The highest BCUT2D eigenvalue weighted by Crippen LogP contribution is 2.48. The molecule has 6 nitrogen and oxygen atoms in total. The minimum atomic E-state index is -0.979. The van der Waals surface area contributed by atoms with Gasteiger partial charge in [-0.1, -0.05) is 58.0 Å². The number of ether oxygens (including phenoxy) is 1. The summed E-state index contributed by atoms with van der Waals surface area (Å²) in [6.45, 7) is 15.3. The van der Waals surface area contributed by atoms with Crippen LogP contribution in [0.2, 0.25) is 0 Å². The Bertz CT molecular complexity index is 998. The van der Waals surface area contributed by atoms with Gasteiger partial charge in [-0.2, -0.15) is 0 Å². The van der Waals surface area contributed by atoms with Crippen molar-refractivity contribution in [1.82, 2.24) is 0 Å². The van der Waals surface area contributed by atoms with Crippen molar-refractivity contribution < 1.29 is 19.5 Å². The SMILES string of the molecule is CCCOc1cc2c(cc1/C(C=NOC(C)N)=C/C=C/C(C)=C/C(=O)O)C(C)(C)CCC2(C)C. The molecule has 0 bridgehead atoms. The molecule has 1 aromatic rings. The van der Waals surface area contributed by atoms with Crippen molar-refractivity contribution in [2.45, 2.75) is 84.8 Å². The molecule has 6 heteroatoms. The molecule has 1 aliphatic carbocycles. The molecule has 1 aromatic carbocycles. The van der Waals surface area contributed by atoms with E-state index in [2.05, 4.69) is 51.9 Å². The summed E-state index contributed by atoms with van der Waals surface area (Å²) in [4.78, 5) is 16.2. The van der Waals surface area contributed by atoms with E-state index in [1.54, 1.807) is 32.2 Å². The minimum absolute atomic E-state index is 0.0318. The molecule has 1 atom stereocenters. The first kappa shape index (κ1) is 27.4. The Morgan fingerprint density at radius 1 is 1.21 bits per heavy atom. The largest absolute Gasteiger partial charge is 0.493 e. The van der Waals surface area contributed by atoms with Gasteiger partial charge < -0.3 is 14.7 Å². The van der Waals surface area contributed by atoms with E-state index in [0.717, 1.165) is 42.2 Å². The molecule has 1 unspecified atom stereocenters. The molecule has 34 heavy (non-hydrogen) atoms. The number of aliphatic carboxylic acids is 1. The van der Waals surface area contributed by atoms with Crippen molar-refractivity contribution in [1.29, 1.82) is 0 Å². The molecule has 3 N–H and O–H groups in total. The van der Waals surface area contributed by atoms with E-state index in [1.165, 1.54) is 11.1 Å². The van der Waals surface area contributed by atoms with Gasteiger partial charge >= 0.3 is 5.97 Å². The monoisotopic (exact) mass is 468 g/mol. The average Bonchev–Trinajstić information content (AvgIpc) is 2.73. The topological polar surface area (TPSA) is 94.1 Å². The lowest BCUT2D eigenvalue weighted by Crippen LogP contribution is -2.34. The van der Waals surface area contributed by atoms with Crippen molar-refractivity contribution in [3.8, 4) is 5.75 Å². The number of hydrogen-bond acceptors (Lipinski definition) is 5. The Labute approximate surface area is 204 Å². The molecule has 186 valence electrons. The average molecular weight is 469 g/mol. The Morgan fingerprint density at radius 2 is 1.82 bits per heavy atom. The number of nitrogens with two attached hydrogens (primary N) is 1. The van der Waals surface area contributed by atoms with Crippen LogP contribution in [0.25, 0.3) is 5.57 Å². The third-order valence-electron chi connectivity index (χ3n) is 6.13. The summed E-state index contributed by atoms with van der Waals surface area (Å²) in [6, 6.07) is 4.41. The van der Waals surface area contributed by atoms with Gasteiger partial charge in [-0.15, -0.1) is 0 Å². The number of benzene rings is 1. The second-order valence-corrected chi connectivity index (χ2v) is 10.3. The molecule has 1 aliphatic rings. The third-order valence-corrected chi connectivity index (χ3v) is 6.13. The molecule has 0 heterocycles. The predicted molar refractivity (Wildman–Crippen MR) is 139 cm³/mol. The van der Waals surface area contributed by atoms with Gasteiger partial charge in [0.25, 0.3) is 0 Å². The van der Waals surface area contributed by atoms with E-state index in [9.17, 15) is 4.79 Å². The lowest BCUT2D eigenvalue weighted by molar-refractivity contribution is -0.131. The molecule has 0 spiro atoms. The second kappa shape index (κ2) is 11.5. The van der Waals surface area contributed by atoms with Crippen molar-refractivity contribution in [3.63, 3.8) is 0 Å². The quantitative estimate of drug-likeness (QED) is 0.142. The number of carbonyl (C=O) groups is 1. The standard InChI is InChI=1S/C28H40N2O4/c1-8-14-33-25-17-24-23(27(4,5)12-13-28(24,6)7)16-22(25)21(18-30-34-20(3)29)11-9-10-19(2)15-26(31)32/h9-11,15-18,20H,8,12-14,29H2,1-7H3,(H,31,32)/b10-9+,19-15+,21-11+,30-18?. The molecule has 0 aliphatic heterocycles. The lowest BCUT2D eigenvalue weighted by atomic mass is 9.62. The first-order chi connectivity index (χ1) is 15.9. The minimum Gasteiger partial charge on any atom is -0.493 e. The summed E-state index contributed by atoms with van der Waals surface area (Å²) < 4.78 is 6.22. The maximum Gasteiger partial charge on any atom is 0.328 e. The lowest BCUT2D eigenvalue weighted by Gasteiger charge is -2.42. The number of hydrogen-bond donors (Lipinski definition) is 2. The highest BCUT2D eigenvalue weighted by molar-refractivity contribution is 6.11. The Hall–Kier alpha value is -2.86. The third kappa shape index (κ3) is 7.32. The summed E-state index contributed by atoms with van der Waals surface area (Å²) >= 11 is 0.